The van der Waals surface area contributed by atoms with Crippen LogP contribution in [0.25, 0.3) is 0 Å². The minimum absolute atomic E-state index is 0.200. The summed E-state index contributed by atoms with van der Waals surface area (Å²) in [7, 11) is -0.837. The van der Waals surface area contributed by atoms with Crippen LogP contribution in [-0.2, 0) is 0 Å². The third kappa shape index (κ3) is 2.44. The third-order valence-electron chi connectivity index (χ3n) is 2.06. The molecule has 1 aromatic carbocycles. The highest BCUT2D eigenvalue weighted by Crippen LogP contribution is 1.92. The first-order valence-electron chi connectivity index (χ1n) is 4.54. The van der Waals surface area contributed by atoms with Crippen LogP contribution in [0.5, 0.6) is 0 Å². The number of hydrogen-bond acceptors (Lipinski definition) is 2. The molecule has 0 bridgehead atoms. The van der Waals surface area contributed by atoms with E-state index in [1.54, 1.807) is 11.0 Å². The zero-order chi connectivity index (χ0) is 10.7. The van der Waals surface area contributed by atoms with E-state index in [4.69, 9.17) is 0 Å². The molecule has 2 aromatic rings. The number of halogens is 1. The third-order valence-corrected chi connectivity index (χ3v) is 3.96. The van der Waals surface area contributed by atoms with Gasteiger partial charge in [0.2, 0.25) is 0 Å². The van der Waals surface area contributed by atoms with Gasteiger partial charge in [0.05, 0.1) is 8.41 Å². The van der Waals surface area contributed by atoms with Crippen molar-refractivity contribution in [2.45, 2.75) is 6.55 Å². The van der Waals surface area contributed by atoms with Crippen LogP contribution >= 0.6 is 0 Å². The predicted octanol–water partition coefficient (Wildman–Crippen LogP) is 0.638. The molecule has 0 aliphatic rings. The Morgan fingerprint density at radius 1 is 1.33 bits per heavy atom. The fourth-order valence-electron chi connectivity index (χ4n) is 1.27. The van der Waals surface area contributed by atoms with Gasteiger partial charge in [0.25, 0.3) is 0 Å². The van der Waals surface area contributed by atoms with Gasteiger partial charge in [-0.1, -0.05) is 18.7 Å². The summed E-state index contributed by atoms with van der Waals surface area (Å²) in [5, 5.41) is 5.15. The zero-order valence-corrected chi connectivity index (χ0v) is 9.26. The molecule has 1 heterocycles. The maximum absolute atomic E-state index is 12.7. The maximum atomic E-state index is 12.7. The summed E-state index contributed by atoms with van der Waals surface area (Å²) in [5.41, 5.74) is 0. The van der Waals surface area contributed by atoms with Crippen molar-refractivity contribution < 1.29 is 4.39 Å². The molecule has 0 saturated carbocycles. The normalized spacial score (nSPS) is 11.7. The van der Waals surface area contributed by atoms with Gasteiger partial charge in [-0.3, -0.25) is 0 Å². The van der Waals surface area contributed by atoms with Gasteiger partial charge in [-0.15, -0.1) is 0 Å². The highest BCUT2D eigenvalue weighted by atomic mass is 28.2. The highest BCUT2D eigenvalue weighted by molar-refractivity contribution is 6.76. The molecule has 0 amide bonds. The Bertz CT molecular complexity index is 462. The van der Waals surface area contributed by atoms with E-state index in [1.165, 1.54) is 18.5 Å². The monoisotopic (exact) mass is 219 g/mol. The van der Waals surface area contributed by atoms with E-state index in [9.17, 15) is 4.39 Å². The van der Waals surface area contributed by atoms with E-state index in [2.05, 4.69) is 16.6 Å². The van der Waals surface area contributed by atoms with Crippen molar-refractivity contribution in [3.63, 3.8) is 0 Å². The van der Waals surface area contributed by atoms with E-state index in [-0.39, 0.29) is 5.82 Å². The molecule has 0 aliphatic heterocycles. The number of rotatable bonds is 2. The van der Waals surface area contributed by atoms with E-state index in [0.29, 0.717) is 0 Å². The summed E-state index contributed by atoms with van der Waals surface area (Å²) in [4.78, 5) is 3.86. The van der Waals surface area contributed by atoms with Crippen molar-refractivity contribution >= 4 is 19.4 Å². The van der Waals surface area contributed by atoms with Crippen molar-refractivity contribution in [2.24, 2.45) is 0 Å². The van der Waals surface area contributed by atoms with Crippen molar-refractivity contribution in [3.05, 3.63) is 42.7 Å². The first-order valence-corrected chi connectivity index (χ1v) is 6.62. The Hall–Kier alpha value is -1.62. The number of nitrogens with zero attached hydrogens (tertiary/aromatic N) is 3. The minimum atomic E-state index is -0.837. The molecule has 0 unspecified atom stereocenters. The quantitative estimate of drug-likeness (QED) is 0.694. The first-order chi connectivity index (χ1) is 7.25. The van der Waals surface area contributed by atoms with Gasteiger partial charge in [-0.2, -0.15) is 5.10 Å². The molecule has 5 heteroatoms. The van der Waals surface area contributed by atoms with E-state index in [0.717, 1.165) is 5.19 Å². The Morgan fingerprint density at radius 3 is 2.67 bits per heavy atom. The molecule has 0 N–H and O–H groups in total. The topological polar surface area (TPSA) is 30.7 Å². The maximum Gasteiger partial charge on any atom is 0.138 e. The fourth-order valence-corrected chi connectivity index (χ4v) is 2.64. The molecule has 0 aliphatic carbocycles. The van der Waals surface area contributed by atoms with Crippen LogP contribution in [0, 0.1) is 5.82 Å². The summed E-state index contributed by atoms with van der Waals surface area (Å²) in [5.74, 6) is 1.82. The van der Waals surface area contributed by atoms with Gasteiger partial charge in [-0.25, -0.2) is 14.1 Å². The van der Waals surface area contributed by atoms with Crippen molar-refractivity contribution in [2.75, 3.05) is 0 Å². The van der Waals surface area contributed by atoms with Gasteiger partial charge in [0, 0.05) is 5.80 Å². The van der Waals surface area contributed by atoms with Crippen LogP contribution in [0.4, 0.5) is 4.39 Å². The molecule has 2 rings (SSSR count). The van der Waals surface area contributed by atoms with E-state index in [1.807, 2.05) is 17.9 Å². The van der Waals surface area contributed by atoms with Crippen molar-refractivity contribution in [1.82, 2.24) is 14.8 Å². The van der Waals surface area contributed by atoms with Crippen LogP contribution in [-0.4, -0.2) is 29.0 Å². The van der Waals surface area contributed by atoms with Gasteiger partial charge in [-0.05, 0) is 17.3 Å². The van der Waals surface area contributed by atoms with Crippen LogP contribution in [0.1, 0.15) is 0 Å². The lowest BCUT2D eigenvalue weighted by Crippen LogP contribution is -2.23. The fraction of sp³-hybridized carbons (Fsp3) is 0.100. The van der Waals surface area contributed by atoms with Crippen LogP contribution in [0.2, 0.25) is 6.55 Å². The Kier molecular flexibility index (Phi) is 2.82. The molecule has 0 radical (unpaired) electrons. The lowest BCUT2D eigenvalue weighted by Gasteiger charge is -1.99. The SMILES string of the molecule is C[Si](=Cn1cncn1)c1ccc(F)cc1. The number of aromatic nitrogens is 3. The standard InChI is InChI=1S/C10H10FN3Si/c1-15(8-14-7-12-6-13-14)10-4-2-9(11)3-5-10/h2-8H,1H3. The Balaban J connectivity index is 2.28. The molecule has 3 nitrogen and oxygen atoms in total. The van der Waals surface area contributed by atoms with Crippen molar-refractivity contribution in [3.8, 4) is 0 Å². The second-order valence-corrected chi connectivity index (χ2v) is 5.40. The molecule has 0 atom stereocenters. The van der Waals surface area contributed by atoms with Crippen LogP contribution in [0.3, 0.4) is 0 Å². The van der Waals surface area contributed by atoms with Crippen LogP contribution < -0.4 is 5.19 Å². The molecule has 76 valence electrons. The molecular formula is C10H10FN3Si. The summed E-state index contributed by atoms with van der Waals surface area (Å²) in [6.45, 7) is 2.12. The second-order valence-electron chi connectivity index (χ2n) is 3.19. The minimum Gasteiger partial charge on any atom is -0.233 e. The molecular weight excluding hydrogens is 209 g/mol. The van der Waals surface area contributed by atoms with Gasteiger partial charge < -0.3 is 0 Å². The Labute approximate surface area is 88.4 Å². The lowest BCUT2D eigenvalue weighted by molar-refractivity contribution is 0.628. The van der Waals surface area contributed by atoms with Gasteiger partial charge >= 0.3 is 0 Å². The molecule has 0 spiro atoms. The first kappa shape index (κ1) is 9.91. The summed E-state index contributed by atoms with van der Waals surface area (Å²) >= 11 is 0. The van der Waals surface area contributed by atoms with Crippen LogP contribution in [0.15, 0.2) is 36.9 Å². The van der Waals surface area contributed by atoms with Gasteiger partial charge in [0.1, 0.15) is 18.5 Å². The number of hydrogen-bond donors (Lipinski definition) is 0. The predicted molar refractivity (Wildman–Crippen MR) is 59.1 cm³/mol. The van der Waals surface area contributed by atoms with E-state index >= 15 is 0 Å². The second kappa shape index (κ2) is 4.27. The van der Waals surface area contributed by atoms with Crippen molar-refractivity contribution in [1.29, 1.82) is 0 Å². The smallest absolute Gasteiger partial charge is 0.138 e. The average molecular weight is 219 g/mol. The average Bonchev–Trinajstić information content (AvgIpc) is 2.71. The summed E-state index contributed by atoms with van der Waals surface area (Å²) < 4.78 is 14.4. The van der Waals surface area contributed by atoms with E-state index < -0.39 is 8.41 Å². The molecule has 1 aromatic heterocycles. The van der Waals surface area contributed by atoms with Gasteiger partial charge in [0.15, 0.2) is 0 Å². The largest absolute Gasteiger partial charge is 0.233 e. The lowest BCUT2D eigenvalue weighted by atomic mass is 10.3. The zero-order valence-electron chi connectivity index (χ0n) is 8.26. The summed E-state index contributed by atoms with van der Waals surface area (Å²) in [6.07, 6.45) is 3.15. The molecule has 0 fully saturated rings. The molecule has 15 heavy (non-hydrogen) atoms. The summed E-state index contributed by atoms with van der Waals surface area (Å²) in [6, 6.07) is 6.60. The molecule has 0 saturated heterocycles. The highest BCUT2D eigenvalue weighted by Gasteiger charge is 1.97. The number of benzene rings is 1. The Morgan fingerprint density at radius 2 is 2.07 bits per heavy atom.